The summed E-state index contributed by atoms with van der Waals surface area (Å²) in [6.07, 6.45) is 5.35. The Kier molecular flexibility index (Phi) is 7.36. The molecule has 0 bridgehead atoms. The number of nitrogens with zero attached hydrogens (tertiary/aromatic N) is 2. The van der Waals surface area contributed by atoms with E-state index in [4.69, 9.17) is 9.15 Å². The van der Waals surface area contributed by atoms with Crippen LogP contribution in [0, 0.1) is 0 Å². The van der Waals surface area contributed by atoms with Crippen LogP contribution in [0.1, 0.15) is 45.8 Å². The van der Waals surface area contributed by atoms with Crippen LogP contribution in [0.5, 0.6) is 0 Å². The molecule has 0 spiro atoms. The standard InChI is InChI=1S/C19H32N4O3/c1-19(2,3)26-18(24)23-12-6-5-8-15(23)14-22-17(20-4)21-11-10-16-9-7-13-25-16/h7,9,13,15H,5-6,8,10-12,14H2,1-4H3,(H2,20,21,22). The summed E-state index contributed by atoms with van der Waals surface area (Å²) in [4.78, 5) is 18.6. The number of guanidine groups is 1. The molecule has 1 fully saturated rings. The van der Waals surface area contributed by atoms with Crippen molar-refractivity contribution in [3.8, 4) is 0 Å². The quantitative estimate of drug-likeness (QED) is 0.620. The van der Waals surface area contributed by atoms with Crippen molar-refractivity contribution in [2.24, 2.45) is 4.99 Å². The van der Waals surface area contributed by atoms with Gasteiger partial charge in [-0.2, -0.15) is 0 Å². The molecule has 2 rings (SSSR count). The van der Waals surface area contributed by atoms with Gasteiger partial charge in [0.15, 0.2) is 5.96 Å². The number of aliphatic imine (C=N–C) groups is 1. The SMILES string of the molecule is CN=C(NCCc1ccco1)NCC1CCCCN1C(=O)OC(C)(C)C. The second-order valence-corrected chi connectivity index (χ2v) is 7.53. The lowest BCUT2D eigenvalue weighted by molar-refractivity contribution is 0.0104. The average molecular weight is 364 g/mol. The Labute approximate surface area is 156 Å². The van der Waals surface area contributed by atoms with Crippen LogP contribution in [0.3, 0.4) is 0 Å². The van der Waals surface area contributed by atoms with Gasteiger partial charge in [-0.3, -0.25) is 4.99 Å². The highest BCUT2D eigenvalue weighted by atomic mass is 16.6. The Hall–Kier alpha value is -2.18. The molecule has 1 aliphatic heterocycles. The van der Waals surface area contributed by atoms with Crippen molar-refractivity contribution in [3.63, 3.8) is 0 Å². The number of hydrogen-bond donors (Lipinski definition) is 2. The first kappa shape index (κ1) is 20.1. The van der Waals surface area contributed by atoms with Crippen LogP contribution in [-0.2, 0) is 11.2 Å². The third-order valence-electron chi connectivity index (χ3n) is 4.23. The van der Waals surface area contributed by atoms with Crippen LogP contribution in [0.4, 0.5) is 4.79 Å². The summed E-state index contributed by atoms with van der Waals surface area (Å²) in [6.45, 7) is 7.81. The second kappa shape index (κ2) is 9.50. The van der Waals surface area contributed by atoms with Crippen molar-refractivity contribution in [2.45, 2.75) is 58.1 Å². The van der Waals surface area contributed by atoms with Crippen molar-refractivity contribution in [3.05, 3.63) is 24.2 Å². The summed E-state index contributed by atoms with van der Waals surface area (Å²) >= 11 is 0. The minimum absolute atomic E-state index is 0.113. The molecule has 1 unspecified atom stereocenters. The zero-order valence-electron chi connectivity index (χ0n) is 16.4. The minimum atomic E-state index is -0.476. The van der Waals surface area contributed by atoms with E-state index >= 15 is 0 Å². The van der Waals surface area contributed by atoms with E-state index in [-0.39, 0.29) is 12.1 Å². The lowest BCUT2D eigenvalue weighted by Gasteiger charge is -2.37. The number of amides is 1. The average Bonchev–Trinajstić information content (AvgIpc) is 3.10. The molecule has 26 heavy (non-hydrogen) atoms. The highest BCUT2D eigenvalue weighted by Gasteiger charge is 2.30. The third-order valence-corrected chi connectivity index (χ3v) is 4.23. The summed E-state index contributed by atoms with van der Waals surface area (Å²) < 4.78 is 10.9. The van der Waals surface area contributed by atoms with Gasteiger partial charge < -0.3 is 24.7 Å². The van der Waals surface area contributed by atoms with Gasteiger partial charge in [0.25, 0.3) is 0 Å². The van der Waals surface area contributed by atoms with Gasteiger partial charge in [0, 0.05) is 33.1 Å². The Balaban J connectivity index is 1.81. The van der Waals surface area contributed by atoms with Gasteiger partial charge in [-0.1, -0.05) is 0 Å². The van der Waals surface area contributed by atoms with Gasteiger partial charge in [0.2, 0.25) is 0 Å². The molecule has 0 aromatic carbocycles. The van der Waals surface area contributed by atoms with E-state index in [1.165, 1.54) is 0 Å². The van der Waals surface area contributed by atoms with E-state index in [1.807, 2.05) is 37.8 Å². The van der Waals surface area contributed by atoms with Gasteiger partial charge in [-0.25, -0.2) is 4.79 Å². The number of ether oxygens (including phenoxy) is 1. The van der Waals surface area contributed by atoms with Crippen LogP contribution < -0.4 is 10.6 Å². The molecule has 1 saturated heterocycles. The maximum atomic E-state index is 12.5. The number of carbonyl (C=O) groups excluding carboxylic acids is 1. The molecule has 0 aliphatic carbocycles. The third kappa shape index (κ3) is 6.61. The zero-order chi connectivity index (χ0) is 19.0. The molecule has 0 saturated carbocycles. The Morgan fingerprint density at radius 3 is 2.85 bits per heavy atom. The minimum Gasteiger partial charge on any atom is -0.469 e. The van der Waals surface area contributed by atoms with Gasteiger partial charge in [0.1, 0.15) is 11.4 Å². The van der Waals surface area contributed by atoms with Crippen LogP contribution >= 0.6 is 0 Å². The van der Waals surface area contributed by atoms with Gasteiger partial charge in [-0.05, 0) is 52.2 Å². The molecule has 1 atom stereocenters. The van der Waals surface area contributed by atoms with Crippen molar-refractivity contribution < 1.29 is 13.9 Å². The van der Waals surface area contributed by atoms with Crippen LogP contribution in [-0.4, -0.2) is 55.3 Å². The Morgan fingerprint density at radius 1 is 1.38 bits per heavy atom. The van der Waals surface area contributed by atoms with Crippen LogP contribution in [0.2, 0.25) is 0 Å². The molecule has 1 aliphatic rings. The van der Waals surface area contributed by atoms with E-state index in [0.717, 1.165) is 50.5 Å². The van der Waals surface area contributed by atoms with Gasteiger partial charge in [-0.15, -0.1) is 0 Å². The maximum Gasteiger partial charge on any atom is 0.410 e. The molecule has 2 N–H and O–H groups in total. The topological polar surface area (TPSA) is 79.1 Å². The Bertz CT molecular complexity index is 578. The fraction of sp³-hybridized carbons (Fsp3) is 0.684. The monoisotopic (exact) mass is 364 g/mol. The highest BCUT2D eigenvalue weighted by molar-refractivity contribution is 5.79. The van der Waals surface area contributed by atoms with Crippen molar-refractivity contribution in [2.75, 3.05) is 26.7 Å². The molecular weight excluding hydrogens is 332 g/mol. The van der Waals surface area contributed by atoms with Gasteiger partial charge >= 0.3 is 6.09 Å². The first-order chi connectivity index (χ1) is 12.4. The predicted molar refractivity (Wildman–Crippen MR) is 102 cm³/mol. The number of furan rings is 1. The summed E-state index contributed by atoms with van der Waals surface area (Å²) in [6, 6.07) is 3.96. The van der Waals surface area contributed by atoms with Crippen LogP contribution in [0.25, 0.3) is 0 Å². The number of hydrogen-bond acceptors (Lipinski definition) is 4. The summed E-state index contributed by atoms with van der Waals surface area (Å²) in [7, 11) is 1.74. The van der Waals surface area contributed by atoms with E-state index in [1.54, 1.807) is 13.3 Å². The summed E-state index contributed by atoms with van der Waals surface area (Å²) in [5, 5.41) is 6.60. The molecule has 1 aromatic rings. The number of nitrogens with one attached hydrogen (secondary N) is 2. The molecule has 2 heterocycles. The largest absolute Gasteiger partial charge is 0.469 e. The van der Waals surface area contributed by atoms with E-state index in [2.05, 4.69) is 15.6 Å². The Morgan fingerprint density at radius 2 is 2.19 bits per heavy atom. The molecule has 146 valence electrons. The summed E-state index contributed by atoms with van der Waals surface area (Å²) in [5.74, 6) is 1.67. The number of carbonyl (C=O) groups is 1. The molecule has 1 amide bonds. The molecule has 0 radical (unpaired) electrons. The first-order valence-corrected chi connectivity index (χ1v) is 9.35. The molecule has 7 heteroatoms. The smallest absolute Gasteiger partial charge is 0.410 e. The number of rotatable bonds is 5. The first-order valence-electron chi connectivity index (χ1n) is 9.35. The van der Waals surface area contributed by atoms with E-state index < -0.39 is 5.60 Å². The summed E-state index contributed by atoms with van der Waals surface area (Å²) in [5.41, 5.74) is -0.476. The fourth-order valence-electron chi connectivity index (χ4n) is 2.97. The zero-order valence-corrected chi connectivity index (χ0v) is 16.4. The van der Waals surface area contributed by atoms with E-state index in [0.29, 0.717) is 6.54 Å². The van der Waals surface area contributed by atoms with Crippen molar-refractivity contribution in [1.29, 1.82) is 0 Å². The predicted octanol–water partition coefficient (Wildman–Crippen LogP) is 2.78. The van der Waals surface area contributed by atoms with Crippen molar-refractivity contribution >= 4 is 12.1 Å². The molecular formula is C19H32N4O3. The fourth-order valence-corrected chi connectivity index (χ4v) is 2.97. The van der Waals surface area contributed by atoms with E-state index in [9.17, 15) is 4.79 Å². The van der Waals surface area contributed by atoms with Crippen molar-refractivity contribution in [1.82, 2.24) is 15.5 Å². The number of likely N-dealkylation sites (tertiary alicyclic amines) is 1. The lowest BCUT2D eigenvalue weighted by atomic mass is 10.0. The molecule has 1 aromatic heterocycles. The highest BCUT2D eigenvalue weighted by Crippen LogP contribution is 2.20. The lowest BCUT2D eigenvalue weighted by Crippen LogP contribution is -2.52. The maximum absolute atomic E-state index is 12.5. The number of piperidine rings is 1. The second-order valence-electron chi connectivity index (χ2n) is 7.53. The van der Waals surface area contributed by atoms with Crippen LogP contribution in [0.15, 0.2) is 27.8 Å². The normalized spacial score (nSPS) is 18.5. The molecule has 7 nitrogen and oxygen atoms in total. The van der Waals surface area contributed by atoms with Gasteiger partial charge in [0.05, 0.1) is 12.3 Å².